The number of amides is 2. The van der Waals surface area contributed by atoms with Crippen LogP contribution in [0.4, 0.5) is 5.69 Å². The molecule has 4 aromatic rings. The third kappa shape index (κ3) is 3.67. The number of primary amides is 1. The molecule has 0 spiro atoms. The molecule has 0 fully saturated rings. The van der Waals surface area contributed by atoms with Crippen LogP contribution >= 0.6 is 23.2 Å². The molecule has 0 saturated carbocycles. The van der Waals surface area contributed by atoms with Crippen molar-refractivity contribution in [2.75, 3.05) is 12.1 Å². The zero-order chi connectivity index (χ0) is 25.0. The van der Waals surface area contributed by atoms with Crippen LogP contribution in [-0.4, -0.2) is 33.4 Å². The van der Waals surface area contributed by atoms with Gasteiger partial charge in [0.05, 0.1) is 22.0 Å². The molecular formula is C24H15Cl2N5O5. The van der Waals surface area contributed by atoms with Crippen molar-refractivity contribution in [2.45, 2.75) is 6.61 Å². The Balaban J connectivity index is 1.45. The lowest BCUT2D eigenvalue weighted by molar-refractivity contribution is 0.0990. The Morgan fingerprint density at radius 1 is 1.00 bits per heavy atom. The van der Waals surface area contributed by atoms with Crippen LogP contribution in [0.5, 0.6) is 17.2 Å². The van der Waals surface area contributed by atoms with E-state index in [1.165, 1.54) is 12.3 Å². The van der Waals surface area contributed by atoms with Crippen LogP contribution in [0, 0.1) is 0 Å². The van der Waals surface area contributed by atoms with Gasteiger partial charge in [0.2, 0.25) is 6.79 Å². The van der Waals surface area contributed by atoms with Gasteiger partial charge in [0.15, 0.2) is 17.2 Å². The first kappa shape index (κ1) is 22.2. The van der Waals surface area contributed by atoms with Crippen molar-refractivity contribution < 1.29 is 23.8 Å². The summed E-state index contributed by atoms with van der Waals surface area (Å²) in [6, 6.07) is 11.9. The van der Waals surface area contributed by atoms with Crippen molar-refractivity contribution in [1.29, 1.82) is 0 Å². The Labute approximate surface area is 213 Å². The Hall–Kier alpha value is -4.28. The largest absolute Gasteiger partial charge is 0.488 e. The minimum absolute atomic E-state index is 0.0208. The van der Waals surface area contributed by atoms with E-state index in [1.807, 2.05) is 0 Å². The van der Waals surface area contributed by atoms with Gasteiger partial charge < -0.3 is 25.3 Å². The smallest absolute Gasteiger partial charge is 0.269 e. The number of nitrogens with two attached hydrogens (primary N) is 1. The number of benzene rings is 2. The van der Waals surface area contributed by atoms with E-state index in [0.717, 1.165) is 0 Å². The lowest BCUT2D eigenvalue weighted by Gasteiger charge is -2.21. The predicted octanol–water partition coefficient (Wildman–Crippen LogP) is 4.21. The van der Waals surface area contributed by atoms with Gasteiger partial charge in [-0.2, -0.15) is 5.10 Å². The van der Waals surface area contributed by atoms with Crippen LogP contribution in [0.25, 0.3) is 16.9 Å². The second-order valence-corrected chi connectivity index (χ2v) is 8.73. The molecule has 0 bridgehead atoms. The zero-order valence-electron chi connectivity index (χ0n) is 18.2. The van der Waals surface area contributed by atoms with E-state index in [4.69, 9.17) is 43.1 Å². The molecule has 3 N–H and O–H groups in total. The first-order valence-corrected chi connectivity index (χ1v) is 11.4. The number of carbonyl (C=O) groups excluding carboxylic acids is 2. The normalized spacial score (nSPS) is 12.9. The Kier molecular flexibility index (Phi) is 5.20. The van der Waals surface area contributed by atoms with Crippen molar-refractivity contribution >= 4 is 40.7 Å². The van der Waals surface area contributed by atoms with Crippen molar-refractivity contribution in [1.82, 2.24) is 14.8 Å². The molecule has 4 heterocycles. The highest BCUT2D eigenvalue weighted by atomic mass is 35.5. The highest BCUT2D eigenvalue weighted by molar-refractivity contribution is 6.35. The van der Waals surface area contributed by atoms with E-state index >= 15 is 0 Å². The molecule has 10 nitrogen and oxygen atoms in total. The second-order valence-electron chi connectivity index (χ2n) is 7.94. The number of rotatable bonds is 4. The summed E-state index contributed by atoms with van der Waals surface area (Å²) in [5.41, 5.74) is 8.63. The fourth-order valence-corrected chi connectivity index (χ4v) is 4.46. The fourth-order valence-electron chi connectivity index (χ4n) is 4.11. The SMILES string of the molecule is NC(=O)c1nn(-c2ccc3c(c2)OCO3)c2c1COc1ccc(NC(=O)c3cc(Cl)cnc3Cl)cc1-2. The molecular weight excluding hydrogens is 509 g/mol. The molecule has 2 amide bonds. The molecule has 12 heteroatoms. The molecule has 2 aliphatic heterocycles. The maximum atomic E-state index is 12.9. The van der Waals surface area contributed by atoms with Crippen LogP contribution in [0.15, 0.2) is 48.7 Å². The number of carbonyl (C=O) groups is 2. The maximum absolute atomic E-state index is 12.9. The number of pyridine rings is 1. The molecule has 6 rings (SSSR count). The van der Waals surface area contributed by atoms with E-state index in [0.29, 0.717) is 45.4 Å². The van der Waals surface area contributed by atoms with Crippen LogP contribution < -0.4 is 25.3 Å². The number of halogens is 2. The van der Waals surface area contributed by atoms with Gasteiger partial charge in [0, 0.05) is 29.1 Å². The number of ether oxygens (including phenoxy) is 3. The van der Waals surface area contributed by atoms with E-state index in [1.54, 1.807) is 41.1 Å². The quantitative estimate of drug-likeness (QED) is 0.383. The highest BCUT2D eigenvalue weighted by Gasteiger charge is 2.30. The van der Waals surface area contributed by atoms with Gasteiger partial charge in [-0.3, -0.25) is 9.59 Å². The van der Waals surface area contributed by atoms with Crippen molar-refractivity contribution in [3.8, 4) is 34.2 Å². The van der Waals surface area contributed by atoms with Crippen molar-refractivity contribution in [3.05, 3.63) is 75.7 Å². The number of aromatic nitrogens is 3. The summed E-state index contributed by atoms with van der Waals surface area (Å²) >= 11 is 12.0. The standard InChI is InChI=1S/C24H15Cl2N5O5/c25-11-5-15(22(26)28-8-11)24(33)29-12-1-3-17-14(6-12)21-16(9-34-17)20(23(27)32)30-31(21)13-2-4-18-19(7-13)36-10-35-18/h1-8H,9-10H2,(H2,27,32)(H,29,33). The van der Waals surface area contributed by atoms with Gasteiger partial charge in [0.1, 0.15) is 17.5 Å². The number of hydrogen-bond acceptors (Lipinski definition) is 7. The van der Waals surface area contributed by atoms with E-state index in [9.17, 15) is 9.59 Å². The summed E-state index contributed by atoms with van der Waals surface area (Å²) in [4.78, 5) is 29.0. The third-order valence-corrected chi connectivity index (χ3v) is 6.24. The second kappa shape index (κ2) is 8.43. The highest BCUT2D eigenvalue weighted by Crippen LogP contribution is 2.43. The summed E-state index contributed by atoms with van der Waals surface area (Å²) in [7, 11) is 0. The Bertz CT molecular complexity index is 1590. The van der Waals surface area contributed by atoms with Gasteiger partial charge in [-0.05, 0) is 36.4 Å². The van der Waals surface area contributed by atoms with Gasteiger partial charge >= 0.3 is 0 Å². The topological polar surface area (TPSA) is 131 Å². The summed E-state index contributed by atoms with van der Waals surface area (Å²) in [5, 5.41) is 7.58. The molecule has 180 valence electrons. The Morgan fingerprint density at radius 3 is 2.64 bits per heavy atom. The molecule has 0 aliphatic carbocycles. The predicted molar refractivity (Wildman–Crippen MR) is 130 cm³/mol. The summed E-state index contributed by atoms with van der Waals surface area (Å²) in [6.07, 6.45) is 1.35. The van der Waals surface area contributed by atoms with Crippen molar-refractivity contribution in [2.24, 2.45) is 5.73 Å². The number of nitrogens with one attached hydrogen (secondary N) is 1. The zero-order valence-corrected chi connectivity index (χ0v) is 19.8. The number of fused-ring (bicyclic) bond motifs is 4. The minimum atomic E-state index is -0.689. The summed E-state index contributed by atoms with van der Waals surface area (Å²) in [5.74, 6) is 0.524. The van der Waals surface area contributed by atoms with Gasteiger partial charge in [0.25, 0.3) is 11.8 Å². The average Bonchev–Trinajstić information content (AvgIpc) is 3.50. The molecule has 2 aromatic carbocycles. The maximum Gasteiger partial charge on any atom is 0.269 e. The van der Waals surface area contributed by atoms with Gasteiger partial charge in [-0.1, -0.05) is 23.2 Å². The molecule has 0 saturated heterocycles. The lowest BCUT2D eigenvalue weighted by atomic mass is 10.0. The first-order valence-electron chi connectivity index (χ1n) is 10.6. The van der Waals surface area contributed by atoms with Crippen LogP contribution in [-0.2, 0) is 6.61 Å². The third-order valence-electron chi connectivity index (χ3n) is 5.73. The average molecular weight is 524 g/mol. The van der Waals surface area contributed by atoms with Crippen LogP contribution in [0.2, 0.25) is 10.2 Å². The summed E-state index contributed by atoms with van der Waals surface area (Å²) in [6.45, 7) is 0.217. The van der Waals surface area contributed by atoms with Gasteiger partial charge in [-0.25, -0.2) is 9.67 Å². The molecule has 0 unspecified atom stereocenters. The summed E-state index contributed by atoms with van der Waals surface area (Å²) < 4.78 is 18.4. The minimum Gasteiger partial charge on any atom is -0.488 e. The van der Waals surface area contributed by atoms with Crippen LogP contribution in [0.1, 0.15) is 26.4 Å². The molecule has 0 atom stereocenters. The molecule has 0 radical (unpaired) electrons. The van der Waals surface area contributed by atoms with E-state index < -0.39 is 11.8 Å². The number of hydrogen-bond donors (Lipinski definition) is 2. The number of anilines is 1. The fraction of sp³-hybridized carbons (Fsp3) is 0.0833. The van der Waals surface area contributed by atoms with E-state index in [2.05, 4.69) is 15.4 Å². The molecule has 36 heavy (non-hydrogen) atoms. The van der Waals surface area contributed by atoms with Crippen LogP contribution in [0.3, 0.4) is 0 Å². The Morgan fingerprint density at radius 2 is 1.81 bits per heavy atom. The van der Waals surface area contributed by atoms with E-state index in [-0.39, 0.29) is 34.8 Å². The first-order chi connectivity index (χ1) is 17.4. The lowest BCUT2D eigenvalue weighted by Crippen LogP contribution is -2.16. The van der Waals surface area contributed by atoms with Crippen molar-refractivity contribution in [3.63, 3.8) is 0 Å². The number of nitrogens with zero attached hydrogens (tertiary/aromatic N) is 3. The van der Waals surface area contributed by atoms with Gasteiger partial charge in [-0.15, -0.1) is 0 Å². The monoisotopic (exact) mass is 523 g/mol. The molecule has 2 aromatic heterocycles. The molecule has 2 aliphatic rings.